The Morgan fingerprint density at radius 2 is 1.37 bits per heavy atom. The van der Waals surface area contributed by atoms with Gasteiger partial charge < -0.3 is 4.74 Å². The zero-order valence-corrected chi connectivity index (χ0v) is 19.0. The molecule has 3 nitrogen and oxygen atoms in total. The summed E-state index contributed by atoms with van der Waals surface area (Å²) in [5.41, 5.74) is 1.43. The van der Waals surface area contributed by atoms with Gasteiger partial charge in [0.05, 0.1) is 6.61 Å². The topological polar surface area (TPSA) is 35.0 Å². The van der Waals surface area contributed by atoms with Gasteiger partial charge in [-0.2, -0.15) is 9.37 Å². The number of ether oxygens (including phenoxy) is 1. The molecule has 0 aliphatic heterocycles. The van der Waals surface area contributed by atoms with Crippen molar-refractivity contribution in [2.24, 2.45) is 0 Å². The summed E-state index contributed by atoms with van der Waals surface area (Å²) < 4.78 is 20.2. The number of benzene rings is 1. The molecule has 0 fully saturated rings. The largest absolute Gasteiger partial charge is 0.494 e. The summed E-state index contributed by atoms with van der Waals surface area (Å²) in [6, 6.07) is 7.59. The Kier molecular flexibility index (Phi) is 12.1. The van der Waals surface area contributed by atoms with Gasteiger partial charge in [-0.1, -0.05) is 78.1 Å². The molecule has 0 unspecified atom stereocenters. The molecule has 0 aliphatic rings. The van der Waals surface area contributed by atoms with Crippen molar-refractivity contribution in [3.8, 4) is 17.1 Å². The van der Waals surface area contributed by atoms with Crippen LogP contribution in [0.5, 0.6) is 5.75 Å². The monoisotopic (exact) mass is 414 g/mol. The number of nitrogens with zero attached hydrogens (tertiary/aromatic N) is 2. The highest BCUT2D eigenvalue weighted by atomic mass is 19.1. The van der Waals surface area contributed by atoms with Crippen LogP contribution in [-0.2, 0) is 6.42 Å². The Morgan fingerprint density at radius 1 is 0.767 bits per heavy atom. The average Bonchev–Trinajstić information content (AvgIpc) is 2.77. The molecule has 0 atom stereocenters. The molecule has 166 valence electrons. The van der Waals surface area contributed by atoms with Crippen LogP contribution in [0.1, 0.15) is 96.5 Å². The van der Waals surface area contributed by atoms with Crippen LogP contribution in [0.15, 0.2) is 30.5 Å². The number of aryl methyl sites for hydroxylation is 1. The Hall–Kier alpha value is -1.97. The molecule has 0 bridgehead atoms. The van der Waals surface area contributed by atoms with Crippen LogP contribution in [-0.4, -0.2) is 16.6 Å². The van der Waals surface area contributed by atoms with Crippen LogP contribution in [0.4, 0.5) is 4.39 Å². The fraction of sp³-hybridized carbons (Fsp3) is 0.615. The first-order chi connectivity index (χ1) is 14.7. The molecule has 0 N–H and O–H groups in total. The van der Waals surface area contributed by atoms with Crippen molar-refractivity contribution in [2.75, 3.05) is 6.61 Å². The second-order valence-electron chi connectivity index (χ2n) is 8.17. The van der Waals surface area contributed by atoms with Gasteiger partial charge in [-0.25, -0.2) is 4.98 Å². The lowest BCUT2D eigenvalue weighted by Crippen LogP contribution is -2.00. The van der Waals surface area contributed by atoms with E-state index in [0.717, 1.165) is 37.2 Å². The second-order valence-corrected chi connectivity index (χ2v) is 8.17. The molecule has 1 aromatic carbocycles. The highest BCUT2D eigenvalue weighted by Crippen LogP contribution is 2.21. The molecule has 2 rings (SSSR count). The molecule has 0 aliphatic carbocycles. The van der Waals surface area contributed by atoms with Crippen molar-refractivity contribution >= 4 is 0 Å². The van der Waals surface area contributed by atoms with Gasteiger partial charge in [-0.3, -0.25) is 0 Å². The molecule has 0 spiro atoms. The number of rotatable bonds is 16. The van der Waals surface area contributed by atoms with E-state index < -0.39 is 0 Å². The number of hydrogen-bond acceptors (Lipinski definition) is 3. The predicted octanol–water partition coefficient (Wildman–Crippen LogP) is 7.93. The van der Waals surface area contributed by atoms with Gasteiger partial charge in [0.15, 0.2) is 5.82 Å². The van der Waals surface area contributed by atoms with E-state index >= 15 is 0 Å². The number of unbranched alkanes of at least 4 members (excludes halogenated alkanes) is 10. The van der Waals surface area contributed by atoms with Crippen LogP contribution in [0, 0.1) is 5.95 Å². The number of aromatic nitrogens is 2. The maximum Gasteiger partial charge on any atom is 0.219 e. The van der Waals surface area contributed by atoms with Crippen LogP contribution in [0.25, 0.3) is 11.4 Å². The first-order valence-electron chi connectivity index (χ1n) is 12.0. The van der Waals surface area contributed by atoms with E-state index in [1.165, 1.54) is 57.8 Å². The summed E-state index contributed by atoms with van der Waals surface area (Å²) in [5, 5.41) is 0. The second kappa shape index (κ2) is 14.9. The van der Waals surface area contributed by atoms with E-state index in [-0.39, 0.29) is 5.95 Å². The Labute approximate surface area is 182 Å². The first-order valence-corrected chi connectivity index (χ1v) is 12.0. The minimum Gasteiger partial charge on any atom is -0.494 e. The molecular weight excluding hydrogens is 375 g/mol. The minimum atomic E-state index is -0.389. The quantitative estimate of drug-likeness (QED) is 0.207. The van der Waals surface area contributed by atoms with Crippen molar-refractivity contribution in [2.45, 2.75) is 97.3 Å². The van der Waals surface area contributed by atoms with Crippen LogP contribution in [0.3, 0.4) is 0 Å². The van der Waals surface area contributed by atoms with E-state index in [9.17, 15) is 4.39 Å². The van der Waals surface area contributed by atoms with Crippen LogP contribution < -0.4 is 4.74 Å². The predicted molar refractivity (Wildman–Crippen MR) is 123 cm³/mol. The summed E-state index contributed by atoms with van der Waals surface area (Å²) in [6.07, 6.45) is 17.1. The van der Waals surface area contributed by atoms with Crippen molar-refractivity contribution in [3.63, 3.8) is 0 Å². The molecule has 0 radical (unpaired) electrons. The normalized spacial score (nSPS) is 11.0. The third-order valence-corrected chi connectivity index (χ3v) is 5.49. The fourth-order valence-electron chi connectivity index (χ4n) is 3.56. The molecule has 0 saturated carbocycles. The number of halogens is 1. The summed E-state index contributed by atoms with van der Waals surface area (Å²) in [5.74, 6) is 0.873. The zero-order chi connectivity index (χ0) is 21.4. The molecule has 1 heterocycles. The Bertz CT molecular complexity index is 703. The van der Waals surface area contributed by atoms with Crippen molar-refractivity contribution in [1.82, 2.24) is 9.97 Å². The van der Waals surface area contributed by atoms with Gasteiger partial charge in [0, 0.05) is 17.3 Å². The lowest BCUT2D eigenvalue weighted by molar-refractivity contribution is 0.306. The molecule has 0 saturated heterocycles. The fourth-order valence-corrected chi connectivity index (χ4v) is 3.56. The minimum absolute atomic E-state index is 0.389. The standard InChI is InChI=1S/C26H39FN2O/c1-3-5-7-8-9-10-11-12-13-15-23-21-28-26(29-25(23)27)22-16-18-24(19-17-22)30-20-14-6-4-2/h16-19,21H,3-15,20H2,1-2H3. The van der Waals surface area contributed by atoms with Gasteiger partial charge in [0.25, 0.3) is 0 Å². The Morgan fingerprint density at radius 3 is 2.00 bits per heavy atom. The van der Waals surface area contributed by atoms with E-state index in [4.69, 9.17) is 4.74 Å². The number of hydrogen-bond donors (Lipinski definition) is 0. The maximum absolute atomic E-state index is 14.4. The van der Waals surface area contributed by atoms with Gasteiger partial charge >= 0.3 is 0 Å². The van der Waals surface area contributed by atoms with E-state index in [0.29, 0.717) is 17.8 Å². The zero-order valence-electron chi connectivity index (χ0n) is 19.0. The van der Waals surface area contributed by atoms with Crippen LogP contribution >= 0.6 is 0 Å². The maximum atomic E-state index is 14.4. The summed E-state index contributed by atoms with van der Waals surface area (Å²) in [4.78, 5) is 8.49. The van der Waals surface area contributed by atoms with Gasteiger partial charge in [0.1, 0.15) is 5.75 Å². The van der Waals surface area contributed by atoms with Crippen LogP contribution in [0.2, 0.25) is 0 Å². The van der Waals surface area contributed by atoms with E-state index in [1.54, 1.807) is 6.20 Å². The van der Waals surface area contributed by atoms with Crippen molar-refractivity contribution in [1.29, 1.82) is 0 Å². The summed E-state index contributed by atoms with van der Waals surface area (Å²) in [6.45, 7) is 5.15. The summed E-state index contributed by atoms with van der Waals surface area (Å²) in [7, 11) is 0. The molecule has 30 heavy (non-hydrogen) atoms. The van der Waals surface area contributed by atoms with Crippen molar-refractivity contribution < 1.29 is 9.13 Å². The first kappa shape index (κ1) is 24.3. The highest BCUT2D eigenvalue weighted by Gasteiger charge is 2.09. The van der Waals surface area contributed by atoms with Gasteiger partial charge in [-0.05, 0) is 43.5 Å². The molecule has 1 aromatic heterocycles. The molecule has 4 heteroatoms. The Balaban J connectivity index is 1.72. The van der Waals surface area contributed by atoms with Gasteiger partial charge in [-0.15, -0.1) is 0 Å². The third kappa shape index (κ3) is 9.23. The average molecular weight is 415 g/mol. The lowest BCUT2D eigenvalue weighted by Gasteiger charge is -2.08. The molecule has 2 aromatic rings. The molecular formula is C26H39FN2O. The smallest absolute Gasteiger partial charge is 0.219 e. The van der Waals surface area contributed by atoms with E-state index in [1.807, 2.05) is 24.3 Å². The lowest BCUT2D eigenvalue weighted by atomic mass is 10.0. The summed E-state index contributed by atoms with van der Waals surface area (Å²) >= 11 is 0. The third-order valence-electron chi connectivity index (χ3n) is 5.49. The van der Waals surface area contributed by atoms with Gasteiger partial charge in [0.2, 0.25) is 5.95 Å². The van der Waals surface area contributed by atoms with E-state index in [2.05, 4.69) is 23.8 Å². The highest BCUT2D eigenvalue weighted by molar-refractivity contribution is 5.56. The van der Waals surface area contributed by atoms with Crippen molar-refractivity contribution in [3.05, 3.63) is 42.0 Å². The SMILES string of the molecule is CCCCCCCCCCCc1cnc(-c2ccc(OCCCCC)cc2)nc1F. The molecule has 0 amide bonds.